The van der Waals surface area contributed by atoms with Crippen molar-refractivity contribution in [1.82, 2.24) is 0 Å². The molecule has 4 aromatic rings. The third-order valence-electron chi connectivity index (χ3n) is 5.79. The summed E-state index contributed by atoms with van der Waals surface area (Å²) >= 11 is 12.4. The Labute approximate surface area is 263 Å². The van der Waals surface area contributed by atoms with Crippen LogP contribution in [-0.2, 0) is 16.5 Å². The van der Waals surface area contributed by atoms with Gasteiger partial charge in [0.1, 0.15) is 21.4 Å². The number of hydrogen-bond acceptors (Lipinski definition) is 7. The monoisotopic (exact) mass is 609 g/mol. The van der Waals surface area contributed by atoms with E-state index in [1.54, 1.807) is 62.4 Å². The fraction of sp³-hybridized carbons (Fsp3) is 0.148. The number of amides is 1. The first kappa shape index (κ1) is 31.8. The molecule has 0 radical (unpaired) electrons. The zero-order chi connectivity index (χ0) is 28.3. The quantitative estimate of drug-likeness (QED) is 0.175. The van der Waals surface area contributed by atoms with E-state index in [0.717, 1.165) is 0 Å². The van der Waals surface area contributed by atoms with Gasteiger partial charge in [-0.05, 0) is 48.6 Å². The van der Waals surface area contributed by atoms with Crippen LogP contribution in [0, 0.1) is 0 Å². The first-order chi connectivity index (χ1) is 18.6. The second kappa shape index (κ2) is 13.3. The summed E-state index contributed by atoms with van der Waals surface area (Å²) in [6.07, 6.45) is 0.336. The molecule has 0 saturated heterocycles. The van der Waals surface area contributed by atoms with Gasteiger partial charge in [0, 0.05) is 10.9 Å². The number of rotatable bonds is 8. The first-order valence-electron chi connectivity index (χ1n) is 11.7. The largest absolute Gasteiger partial charge is 1.00 e. The predicted octanol–water partition coefficient (Wildman–Crippen LogP) is 4.10. The first-order valence-corrected chi connectivity index (χ1v) is 13.9. The minimum atomic E-state index is -4.77. The molecule has 4 aromatic carbocycles. The van der Waals surface area contributed by atoms with Crippen LogP contribution in [0.25, 0.3) is 10.8 Å². The van der Waals surface area contributed by atoms with Crippen molar-refractivity contribution in [1.29, 1.82) is 0 Å². The van der Waals surface area contributed by atoms with Crippen molar-refractivity contribution in [2.45, 2.75) is 25.2 Å². The van der Waals surface area contributed by atoms with Gasteiger partial charge >= 0.3 is 29.6 Å². The molecule has 0 fully saturated rings. The van der Waals surface area contributed by atoms with Gasteiger partial charge in [0.05, 0.1) is 23.0 Å². The number of nitrogens with one attached hydrogen (secondary N) is 1. The van der Waals surface area contributed by atoms with Crippen molar-refractivity contribution in [3.63, 3.8) is 0 Å². The summed E-state index contributed by atoms with van der Waals surface area (Å²) in [7, 11) is -4.77. The van der Waals surface area contributed by atoms with Crippen molar-refractivity contribution in [2.75, 3.05) is 11.9 Å². The summed E-state index contributed by atoms with van der Waals surface area (Å²) in [4.78, 5) is 12.6. The molecule has 0 aliphatic carbocycles. The number of fused-ring (bicyclic) bond motifs is 1. The van der Waals surface area contributed by atoms with E-state index in [1.807, 2.05) is 0 Å². The molecule has 0 spiro atoms. The second-order valence-electron chi connectivity index (χ2n) is 8.24. The summed E-state index contributed by atoms with van der Waals surface area (Å²) in [6.45, 7) is 3.91. The zero-order valence-corrected chi connectivity index (χ0v) is 26.1. The molecule has 0 atom stereocenters. The van der Waals surface area contributed by atoms with Gasteiger partial charge in [-0.1, -0.05) is 72.3 Å². The van der Waals surface area contributed by atoms with E-state index in [0.29, 0.717) is 35.1 Å². The molecule has 9 nitrogen and oxygen atoms in total. The third-order valence-corrected chi connectivity index (χ3v) is 7.53. The van der Waals surface area contributed by atoms with Crippen LogP contribution in [0.15, 0.2) is 75.8 Å². The van der Waals surface area contributed by atoms with E-state index in [4.69, 9.17) is 27.9 Å². The van der Waals surface area contributed by atoms with Gasteiger partial charge in [0.25, 0.3) is 16.0 Å². The predicted molar refractivity (Wildman–Crippen MR) is 149 cm³/mol. The Bertz CT molecular complexity index is 1730. The number of ether oxygens (including phenoxy) is 1. The van der Waals surface area contributed by atoms with E-state index in [-0.39, 0.29) is 62.2 Å². The van der Waals surface area contributed by atoms with E-state index in [1.165, 1.54) is 12.1 Å². The zero-order valence-electron chi connectivity index (χ0n) is 21.7. The smallest absolute Gasteiger partial charge is 0.870 e. The Morgan fingerprint density at radius 3 is 2.40 bits per heavy atom. The van der Waals surface area contributed by atoms with Crippen molar-refractivity contribution >= 4 is 67.1 Å². The Hall–Kier alpha value is -2.70. The van der Waals surface area contributed by atoms with Crippen LogP contribution < -0.4 is 44.7 Å². The molecule has 0 heterocycles. The average molecular weight is 610 g/mol. The van der Waals surface area contributed by atoms with Gasteiger partial charge in [-0.15, -0.1) is 5.11 Å². The molecular weight excluding hydrogens is 588 g/mol. The number of carbonyl (C=O) groups excluding carboxylic acids is 1. The third kappa shape index (κ3) is 6.60. The van der Waals surface area contributed by atoms with Gasteiger partial charge in [-0.25, -0.2) is 0 Å². The van der Waals surface area contributed by atoms with Crippen LogP contribution in [0.2, 0.25) is 10.0 Å². The molecular formula is C27H22Cl2N3NaO6S. The molecule has 2 N–H and O–H groups in total. The average Bonchev–Trinajstić information content (AvgIpc) is 2.89. The molecule has 0 bridgehead atoms. The second-order valence-corrected chi connectivity index (χ2v) is 10.4. The number of carbonyl (C=O) groups is 1. The van der Waals surface area contributed by atoms with E-state index in [2.05, 4.69) is 15.5 Å². The van der Waals surface area contributed by atoms with Crippen LogP contribution >= 0.6 is 23.2 Å². The number of benzene rings is 4. The molecule has 202 valence electrons. The maximum atomic E-state index is 13.5. The normalized spacial score (nSPS) is 11.4. The van der Waals surface area contributed by atoms with Crippen LogP contribution in [0.1, 0.15) is 29.8 Å². The van der Waals surface area contributed by atoms with Crippen LogP contribution in [0.5, 0.6) is 11.5 Å². The molecule has 0 aliphatic heterocycles. The van der Waals surface area contributed by atoms with Crippen molar-refractivity contribution in [3.05, 3.63) is 81.8 Å². The SMILES string of the molecule is CCOc1cccc(NC(=O)c2cc3ccccc3c(N=Nc3c(CC)ccc(Cl)c3S(=O)(=O)O)c2[O-])c1Cl.[Na+]. The molecule has 13 heteroatoms. The Kier molecular flexibility index (Phi) is 10.6. The summed E-state index contributed by atoms with van der Waals surface area (Å²) in [5.41, 5.74) is 0.0244. The number of aryl methyl sites for hydroxylation is 1. The topological polar surface area (TPSA) is 140 Å². The molecule has 0 aliphatic rings. The standard InChI is InChI=1S/C27H23Cl2N3O6S.Na/c1-3-15-12-13-19(28)26(39(35,36)37)23(15)31-32-24-17-9-6-5-8-16(17)14-18(25(24)33)27(34)30-20-10-7-11-21(22(20)29)38-4-2;/h5-14,33H,3-4H2,1-2H3,(H,30,34)(H,35,36,37);/q;+1/p-1. The molecule has 0 unspecified atom stereocenters. The minimum Gasteiger partial charge on any atom is -0.870 e. The summed E-state index contributed by atoms with van der Waals surface area (Å²) < 4.78 is 39.4. The number of anilines is 1. The van der Waals surface area contributed by atoms with E-state index in [9.17, 15) is 22.9 Å². The Balaban J connectivity index is 0.00000441. The van der Waals surface area contributed by atoms with Gasteiger partial charge in [0.2, 0.25) is 0 Å². The van der Waals surface area contributed by atoms with Crippen LogP contribution in [-0.4, -0.2) is 25.5 Å². The summed E-state index contributed by atoms with van der Waals surface area (Å²) in [6, 6.07) is 15.9. The van der Waals surface area contributed by atoms with Crippen molar-refractivity contribution in [2.24, 2.45) is 10.2 Å². The molecule has 1 amide bonds. The Morgan fingerprint density at radius 1 is 1.02 bits per heavy atom. The van der Waals surface area contributed by atoms with Crippen LogP contribution in [0.3, 0.4) is 0 Å². The van der Waals surface area contributed by atoms with Crippen molar-refractivity contribution in [3.8, 4) is 11.5 Å². The molecule has 0 saturated carbocycles. The summed E-state index contributed by atoms with van der Waals surface area (Å²) in [5, 5.41) is 25.1. The molecule has 40 heavy (non-hydrogen) atoms. The maximum Gasteiger partial charge on any atom is 1.00 e. The number of azo groups is 1. The summed E-state index contributed by atoms with van der Waals surface area (Å²) in [5.74, 6) is -1.12. The Morgan fingerprint density at radius 2 is 1.73 bits per heavy atom. The van der Waals surface area contributed by atoms with E-state index < -0.39 is 26.7 Å². The number of halogens is 2. The fourth-order valence-corrected chi connectivity index (χ4v) is 5.37. The van der Waals surface area contributed by atoms with Crippen molar-refractivity contribution < 1.29 is 57.2 Å². The number of nitrogens with zero attached hydrogens (tertiary/aromatic N) is 2. The van der Waals surface area contributed by atoms with Gasteiger partial charge < -0.3 is 15.2 Å². The molecule has 0 aromatic heterocycles. The van der Waals surface area contributed by atoms with Gasteiger partial charge in [-0.2, -0.15) is 13.5 Å². The van der Waals surface area contributed by atoms with Crippen LogP contribution in [0.4, 0.5) is 17.1 Å². The van der Waals surface area contributed by atoms with Gasteiger partial charge in [0.15, 0.2) is 0 Å². The maximum absolute atomic E-state index is 13.5. The molecule has 4 rings (SSSR count). The minimum absolute atomic E-state index is 0. The van der Waals surface area contributed by atoms with E-state index >= 15 is 0 Å². The number of hydrogen-bond donors (Lipinski definition) is 2. The van der Waals surface area contributed by atoms with Gasteiger partial charge in [-0.3, -0.25) is 9.35 Å². The fourth-order valence-electron chi connectivity index (χ4n) is 3.97.